The number of nitrogens with two attached hydrogens (primary N) is 1. The molecule has 0 bridgehead atoms. The van der Waals surface area contributed by atoms with Gasteiger partial charge in [0.2, 0.25) is 0 Å². The van der Waals surface area contributed by atoms with Crippen LogP contribution in [-0.2, 0) is 11.8 Å². The van der Waals surface area contributed by atoms with Crippen LogP contribution >= 0.6 is 22.6 Å². The largest absolute Gasteiger partial charge is 0.383 e. The lowest BCUT2D eigenvalue weighted by atomic mass is 10.2. The predicted molar refractivity (Wildman–Crippen MR) is 54.7 cm³/mol. The highest BCUT2D eigenvalue weighted by Crippen LogP contribution is 2.16. The van der Waals surface area contributed by atoms with Crippen LogP contribution in [0.25, 0.3) is 0 Å². The van der Waals surface area contributed by atoms with Crippen LogP contribution in [0.3, 0.4) is 0 Å². The maximum Gasteiger partial charge on any atom is 0.103 e. The number of hydrogen-bond donors (Lipinski definition) is 1. The Bertz CT molecular complexity index is 261. The fourth-order valence-corrected chi connectivity index (χ4v) is 1.62. The van der Waals surface area contributed by atoms with Gasteiger partial charge in [-0.25, -0.2) is 0 Å². The molecule has 5 heteroatoms. The van der Waals surface area contributed by atoms with Gasteiger partial charge in [-0.05, 0) is 22.6 Å². The van der Waals surface area contributed by atoms with E-state index in [1.54, 1.807) is 18.0 Å². The van der Waals surface area contributed by atoms with Crippen LogP contribution < -0.4 is 5.73 Å². The molecule has 0 aromatic carbocycles. The average molecular weight is 281 g/mol. The number of rotatable bonds is 3. The molecule has 68 valence electrons. The Morgan fingerprint density at radius 3 is 2.92 bits per heavy atom. The fourth-order valence-electron chi connectivity index (χ4n) is 0.958. The minimum atomic E-state index is -0.0735. The molecule has 2 N–H and O–H groups in total. The Kier molecular flexibility index (Phi) is 3.48. The van der Waals surface area contributed by atoms with Gasteiger partial charge >= 0.3 is 0 Å². The van der Waals surface area contributed by atoms with Gasteiger partial charge in [0.05, 0.1) is 18.8 Å². The molecule has 0 aliphatic rings. The topological polar surface area (TPSA) is 53.1 Å². The smallest absolute Gasteiger partial charge is 0.103 e. The molecule has 0 saturated heterocycles. The second-order valence-electron chi connectivity index (χ2n) is 2.58. The first kappa shape index (κ1) is 9.94. The third kappa shape index (κ3) is 1.96. The lowest BCUT2D eigenvalue weighted by molar-refractivity contribution is 0.180. The number of ether oxygens (including phenoxy) is 1. The Balaban J connectivity index is 2.80. The van der Waals surface area contributed by atoms with Crippen molar-refractivity contribution < 1.29 is 4.74 Å². The molecule has 0 amide bonds. The van der Waals surface area contributed by atoms with Crippen LogP contribution in [0.1, 0.15) is 11.6 Å². The molecule has 4 nitrogen and oxygen atoms in total. The first-order valence-electron chi connectivity index (χ1n) is 3.58. The van der Waals surface area contributed by atoms with Gasteiger partial charge in [0.25, 0.3) is 0 Å². The zero-order chi connectivity index (χ0) is 9.14. The first-order chi connectivity index (χ1) is 5.66. The van der Waals surface area contributed by atoms with E-state index in [4.69, 9.17) is 10.5 Å². The molecular weight excluding hydrogens is 269 g/mol. The second kappa shape index (κ2) is 4.20. The Hall–Kier alpha value is -0.140. The summed E-state index contributed by atoms with van der Waals surface area (Å²) < 4.78 is 7.82. The van der Waals surface area contributed by atoms with E-state index in [0.29, 0.717) is 6.61 Å². The molecule has 12 heavy (non-hydrogen) atoms. The van der Waals surface area contributed by atoms with E-state index in [9.17, 15) is 0 Å². The van der Waals surface area contributed by atoms with Gasteiger partial charge in [0.1, 0.15) is 3.70 Å². The number of aromatic nitrogens is 2. The van der Waals surface area contributed by atoms with Crippen LogP contribution in [0.15, 0.2) is 6.20 Å². The number of aryl methyl sites for hydroxylation is 1. The first-order valence-corrected chi connectivity index (χ1v) is 4.66. The van der Waals surface area contributed by atoms with Gasteiger partial charge < -0.3 is 10.5 Å². The van der Waals surface area contributed by atoms with Crippen molar-refractivity contribution in [3.05, 3.63) is 15.5 Å². The van der Waals surface area contributed by atoms with E-state index in [1.807, 2.05) is 7.05 Å². The molecule has 0 aliphatic heterocycles. The molecule has 0 saturated carbocycles. The molecule has 0 fully saturated rings. The highest BCUT2D eigenvalue weighted by molar-refractivity contribution is 14.1. The molecule has 0 aliphatic carbocycles. The van der Waals surface area contributed by atoms with Crippen molar-refractivity contribution in [2.75, 3.05) is 13.7 Å². The summed E-state index contributed by atoms with van der Waals surface area (Å²) in [6.45, 7) is 0.529. The third-order valence-electron chi connectivity index (χ3n) is 1.64. The molecule has 1 unspecified atom stereocenters. The van der Waals surface area contributed by atoms with Crippen molar-refractivity contribution in [1.29, 1.82) is 0 Å². The predicted octanol–water partition coefficient (Wildman–Crippen LogP) is 0.671. The van der Waals surface area contributed by atoms with Gasteiger partial charge in [-0.3, -0.25) is 4.68 Å². The van der Waals surface area contributed by atoms with Crippen LogP contribution in [0.2, 0.25) is 0 Å². The SMILES string of the molecule is COCC(N)c1cnn(C)c1I. The van der Waals surface area contributed by atoms with E-state index >= 15 is 0 Å². The van der Waals surface area contributed by atoms with Crippen molar-refractivity contribution in [2.45, 2.75) is 6.04 Å². The summed E-state index contributed by atoms with van der Waals surface area (Å²) in [7, 11) is 3.54. The number of methoxy groups -OCH3 is 1. The third-order valence-corrected chi connectivity index (χ3v) is 2.96. The van der Waals surface area contributed by atoms with Gasteiger partial charge in [-0.1, -0.05) is 0 Å². The molecule has 1 heterocycles. The molecule has 1 aromatic heterocycles. The van der Waals surface area contributed by atoms with E-state index in [1.165, 1.54) is 0 Å². The zero-order valence-electron chi connectivity index (χ0n) is 7.12. The van der Waals surface area contributed by atoms with Crippen molar-refractivity contribution in [1.82, 2.24) is 9.78 Å². The maximum atomic E-state index is 5.84. The monoisotopic (exact) mass is 281 g/mol. The van der Waals surface area contributed by atoms with Crippen molar-refractivity contribution in [2.24, 2.45) is 12.8 Å². The van der Waals surface area contributed by atoms with Gasteiger partial charge in [0, 0.05) is 19.7 Å². The van der Waals surface area contributed by atoms with E-state index < -0.39 is 0 Å². The van der Waals surface area contributed by atoms with E-state index in [-0.39, 0.29) is 6.04 Å². The molecule has 1 aromatic rings. The number of halogens is 1. The van der Waals surface area contributed by atoms with E-state index in [2.05, 4.69) is 27.7 Å². The standard InChI is InChI=1S/C7H12IN3O/c1-11-7(8)5(3-10-11)6(9)4-12-2/h3,6H,4,9H2,1-2H3. The van der Waals surface area contributed by atoms with Crippen LogP contribution in [0.5, 0.6) is 0 Å². The van der Waals surface area contributed by atoms with Gasteiger partial charge in [-0.15, -0.1) is 0 Å². The minimum absolute atomic E-state index is 0.0735. The highest BCUT2D eigenvalue weighted by Gasteiger charge is 2.12. The number of nitrogens with zero attached hydrogens (tertiary/aromatic N) is 2. The molecular formula is C7H12IN3O. The summed E-state index contributed by atoms with van der Waals surface area (Å²) in [6.07, 6.45) is 1.78. The van der Waals surface area contributed by atoms with Crippen molar-refractivity contribution in [3.63, 3.8) is 0 Å². The lowest BCUT2D eigenvalue weighted by Gasteiger charge is -2.08. The molecule has 1 atom stereocenters. The highest BCUT2D eigenvalue weighted by atomic mass is 127. The summed E-state index contributed by atoms with van der Waals surface area (Å²) in [4.78, 5) is 0. The van der Waals surface area contributed by atoms with E-state index in [0.717, 1.165) is 9.26 Å². The Morgan fingerprint density at radius 1 is 1.83 bits per heavy atom. The fraction of sp³-hybridized carbons (Fsp3) is 0.571. The summed E-state index contributed by atoms with van der Waals surface area (Å²) in [5.41, 5.74) is 6.88. The second-order valence-corrected chi connectivity index (χ2v) is 3.60. The zero-order valence-corrected chi connectivity index (χ0v) is 9.28. The van der Waals surface area contributed by atoms with Crippen molar-refractivity contribution in [3.8, 4) is 0 Å². The minimum Gasteiger partial charge on any atom is -0.383 e. The number of hydrogen-bond acceptors (Lipinski definition) is 3. The summed E-state index contributed by atoms with van der Waals surface area (Å²) in [5, 5.41) is 4.09. The van der Waals surface area contributed by atoms with Crippen molar-refractivity contribution >= 4 is 22.6 Å². The molecule has 0 radical (unpaired) electrons. The van der Waals surface area contributed by atoms with Crippen LogP contribution in [0.4, 0.5) is 0 Å². The quantitative estimate of drug-likeness (QED) is 0.829. The Labute approximate surface area is 85.2 Å². The normalized spacial score (nSPS) is 13.3. The average Bonchev–Trinajstić information content (AvgIpc) is 2.34. The van der Waals surface area contributed by atoms with Crippen LogP contribution in [0, 0.1) is 3.70 Å². The van der Waals surface area contributed by atoms with Gasteiger partial charge in [0.15, 0.2) is 0 Å². The molecule has 0 spiro atoms. The summed E-state index contributed by atoms with van der Waals surface area (Å²) >= 11 is 2.22. The summed E-state index contributed by atoms with van der Waals surface area (Å²) in [6, 6.07) is -0.0735. The maximum absolute atomic E-state index is 5.84. The van der Waals surface area contributed by atoms with Crippen LogP contribution in [-0.4, -0.2) is 23.5 Å². The summed E-state index contributed by atoms with van der Waals surface area (Å²) in [5.74, 6) is 0. The lowest BCUT2D eigenvalue weighted by Crippen LogP contribution is -2.16. The molecule has 1 rings (SSSR count). The Morgan fingerprint density at radius 2 is 2.50 bits per heavy atom. The van der Waals surface area contributed by atoms with Gasteiger partial charge in [-0.2, -0.15) is 5.10 Å².